The van der Waals surface area contributed by atoms with Gasteiger partial charge in [-0.05, 0) is 50.7 Å². The standard InChI is InChI=1S/C14H17N3OS/c1-9(2)18-11-5-4-6-12(13(11)15)19-14-16-8-7-10(3)17-14/h4-9H,15H2,1-3H3. The summed E-state index contributed by atoms with van der Waals surface area (Å²) in [5, 5.41) is 0.688. The summed E-state index contributed by atoms with van der Waals surface area (Å²) in [6, 6.07) is 7.60. The van der Waals surface area contributed by atoms with Crippen LogP contribution >= 0.6 is 11.8 Å². The molecule has 4 nitrogen and oxygen atoms in total. The molecule has 0 aliphatic rings. The average Bonchev–Trinajstić information content (AvgIpc) is 2.34. The number of nitrogen functional groups attached to an aromatic ring is 1. The Morgan fingerprint density at radius 2 is 2.05 bits per heavy atom. The summed E-state index contributed by atoms with van der Waals surface area (Å²) in [6.45, 7) is 5.89. The molecule has 1 aromatic heterocycles. The van der Waals surface area contributed by atoms with Crippen LogP contribution in [0.5, 0.6) is 5.75 Å². The van der Waals surface area contributed by atoms with Crippen LogP contribution in [0, 0.1) is 6.92 Å². The normalized spacial score (nSPS) is 10.7. The minimum Gasteiger partial charge on any atom is -0.489 e. The predicted molar refractivity (Wildman–Crippen MR) is 77.5 cm³/mol. The number of nitrogens with two attached hydrogens (primary N) is 1. The summed E-state index contributed by atoms with van der Waals surface area (Å²) in [4.78, 5) is 9.48. The highest BCUT2D eigenvalue weighted by molar-refractivity contribution is 7.99. The molecule has 100 valence electrons. The van der Waals surface area contributed by atoms with Crippen molar-refractivity contribution in [3.8, 4) is 5.75 Å². The van der Waals surface area contributed by atoms with Gasteiger partial charge in [0.1, 0.15) is 5.75 Å². The fourth-order valence-corrected chi connectivity index (χ4v) is 2.40. The first-order valence-corrected chi connectivity index (χ1v) is 6.90. The Kier molecular flexibility index (Phi) is 4.27. The Morgan fingerprint density at radius 3 is 2.74 bits per heavy atom. The molecule has 0 unspecified atom stereocenters. The minimum absolute atomic E-state index is 0.0952. The fourth-order valence-electron chi connectivity index (χ4n) is 1.54. The van der Waals surface area contributed by atoms with Crippen molar-refractivity contribution in [2.45, 2.75) is 36.9 Å². The Labute approximate surface area is 117 Å². The highest BCUT2D eigenvalue weighted by Crippen LogP contribution is 2.35. The van der Waals surface area contributed by atoms with Gasteiger partial charge in [-0.1, -0.05) is 6.07 Å². The van der Waals surface area contributed by atoms with E-state index in [1.165, 1.54) is 11.8 Å². The molecular weight excluding hydrogens is 258 g/mol. The van der Waals surface area contributed by atoms with Crippen molar-refractivity contribution in [3.05, 3.63) is 36.2 Å². The topological polar surface area (TPSA) is 61.0 Å². The molecule has 0 atom stereocenters. The summed E-state index contributed by atoms with van der Waals surface area (Å²) in [7, 11) is 0. The lowest BCUT2D eigenvalue weighted by Gasteiger charge is -2.14. The number of nitrogens with zero attached hydrogens (tertiary/aromatic N) is 2. The first-order valence-electron chi connectivity index (χ1n) is 6.09. The van der Waals surface area contributed by atoms with Crippen LogP contribution in [0.15, 0.2) is 40.5 Å². The lowest BCUT2D eigenvalue weighted by Crippen LogP contribution is -2.07. The summed E-state index contributed by atoms with van der Waals surface area (Å²) < 4.78 is 5.67. The molecule has 0 saturated carbocycles. The third kappa shape index (κ3) is 3.61. The molecule has 0 aliphatic carbocycles. The van der Waals surface area contributed by atoms with E-state index in [0.29, 0.717) is 16.6 Å². The molecule has 0 amide bonds. The molecule has 2 N–H and O–H groups in total. The van der Waals surface area contributed by atoms with Crippen LogP contribution < -0.4 is 10.5 Å². The number of anilines is 1. The smallest absolute Gasteiger partial charge is 0.192 e. The molecular formula is C14H17N3OS. The third-order valence-electron chi connectivity index (χ3n) is 2.36. The van der Waals surface area contributed by atoms with Gasteiger partial charge in [0, 0.05) is 16.8 Å². The van der Waals surface area contributed by atoms with E-state index in [9.17, 15) is 0 Å². The highest BCUT2D eigenvalue weighted by Gasteiger charge is 2.10. The largest absolute Gasteiger partial charge is 0.489 e. The summed E-state index contributed by atoms with van der Waals surface area (Å²) >= 11 is 1.44. The van der Waals surface area contributed by atoms with Gasteiger partial charge >= 0.3 is 0 Å². The van der Waals surface area contributed by atoms with E-state index >= 15 is 0 Å². The lowest BCUT2D eigenvalue weighted by atomic mass is 10.3. The van der Waals surface area contributed by atoms with Crippen LogP contribution in [-0.4, -0.2) is 16.1 Å². The van der Waals surface area contributed by atoms with Crippen molar-refractivity contribution >= 4 is 17.4 Å². The van der Waals surface area contributed by atoms with Crippen LogP contribution in [0.4, 0.5) is 5.69 Å². The van der Waals surface area contributed by atoms with Crippen molar-refractivity contribution in [1.29, 1.82) is 0 Å². The zero-order chi connectivity index (χ0) is 13.8. The Balaban J connectivity index is 2.25. The number of aromatic nitrogens is 2. The van der Waals surface area contributed by atoms with Crippen LogP contribution in [-0.2, 0) is 0 Å². The Hall–Kier alpha value is -1.75. The molecule has 19 heavy (non-hydrogen) atoms. The lowest BCUT2D eigenvalue weighted by molar-refractivity contribution is 0.243. The number of para-hydroxylation sites is 1. The molecule has 0 bridgehead atoms. The maximum atomic E-state index is 6.12. The van der Waals surface area contributed by atoms with E-state index in [4.69, 9.17) is 10.5 Å². The van der Waals surface area contributed by atoms with Crippen molar-refractivity contribution in [1.82, 2.24) is 9.97 Å². The molecule has 2 rings (SSSR count). The second-order valence-corrected chi connectivity index (χ2v) is 5.43. The molecule has 0 radical (unpaired) electrons. The number of benzene rings is 1. The number of hydrogen-bond donors (Lipinski definition) is 1. The minimum atomic E-state index is 0.0952. The number of rotatable bonds is 4. The maximum Gasteiger partial charge on any atom is 0.192 e. The zero-order valence-electron chi connectivity index (χ0n) is 11.3. The zero-order valence-corrected chi connectivity index (χ0v) is 12.1. The van der Waals surface area contributed by atoms with Gasteiger partial charge in [0.2, 0.25) is 0 Å². The molecule has 0 fully saturated rings. The predicted octanol–water partition coefficient (Wildman–Crippen LogP) is 3.31. The van der Waals surface area contributed by atoms with Gasteiger partial charge in [0.25, 0.3) is 0 Å². The molecule has 0 aliphatic heterocycles. The fraction of sp³-hybridized carbons (Fsp3) is 0.286. The average molecular weight is 275 g/mol. The molecule has 1 heterocycles. The van der Waals surface area contributed by atoms with Crippen molar-refractivity contribution in [2.24, 2.45) is 0 Å². The van der Waals surface area contributed by atoms with Gasteiger partial charge in [-0.15, -0.1) is 0 Å². The van der Waals surface area contributed by atoms with Crippen molar-refractivity contribution < 1.29 is 4.74 Å². The van der Waals surface area contributed by atoms with Gasteiger partial charge in [-0.25, -0.2) is 9.97 Å². The summed E-state index contributed by atoms with van der Waals surface area (Å²) in [5.41, 5.74) is 7.68. The molecule has 5 heteroatoms. The van der Waals surface area contributed by atoms with Crippen molar-refractivity contribution in [2.75, 3.05) is 5.73 Å². The number of hydrogen-bond acceptors (Lipinski definition) is 5. The number of aryl methyl sites for hydroxylation is 1. The van der Waals surface area contributed by atoms with Gasteiger partial charge in [0.15, 0.2) is 5.16 Å². The highest BCUT2D eigenvalue weighted by atomic mass is 32.2. The molecule has 0 saturated heterocycles. The first kappa shape index (κ1) is 13.7. The SMILES string of the molecule is Cc1ccnc(Sc2cccc(OC(C)C)c2N)n1. The van der Waals surface area contributed by atoms with Crippen LogP contribution in [0.3, 0.4) is 0 Å². The van der Waals surface area contributed by atoms with Crippen LogP contribution in [0.2, 0.25) is 0 Å². The van der Waals surface area contributed by atoms with Gasteiger partial charge in [-0.3, -0.25) is 0 Å². The maximum absolute atomic E-state index is 6.12. The third-order valence-corrected chi connectivity index (χ3v) is 3.32. The van der Waals surface area contributed by atoms with E-state index in [0.717, 1.165) is 10.6 Å². The van der Waals surface area contributed by atoms with E-state index in [-0.39, 0.29) is 6.10 Å². The monoisotopic (exact) mass is 275 g/mol. The van der Waals surface area contributed by atoms with Gasteiger partial charge in [0.05, 0.1) is 11.8 Å². The summed E-state index contributed by atoms with van der Waals surface area (Å²) in [6.07, 6.45) is 1.84. The second kappa shape index (κ2) is 5.93. The van der Waals surface area contributed by atoms with Crippen molar-refractivity contribution in [3.63, 3.8) is 0 Å². The van der Waals surface area contributed by atoms with E-state index in [1.54, 1.807) is 6.20 Å². The molecule has 0 spiro atoms. The Bertz CT molecular complexity index is 572. The van der Waals surface area contributed by atoms with Gasteiger partial charge < -0.3 is 10.5 Å². The molecule has 1 aromatic carbocycles. The van der Waals surface area contributed by atoms with E-state index in [2.05, 4.69) is 9.97 Å². The second-order valence-electron chi connectivity index (χ2n) is 4.42. The van der Waals surface area contributed by atoms with Crippen LogP contribution in [0.1, 0.15) is 19.5 Å². The van der Waals surface area contributed by atoms with E-state index < -0.39 is 0 Å². The summed E-state index contributed by atoms with van der Waals surface area (Å²) in [5.74, 6) is 0.702. The van der Waals surface area contributed by atoms with Crippen LogP contribution in [0.25, 0.3) is 0 Å². The van der Waals surface area contributed by atoms with Gasteiger partial charge in [-0.2, -0.15) is 0 Å². The first-order chi connectivity index (χ1) is 9.06. The van der Waals surface area contributed by atoms with E-state index in [1.807, 2.05) is 45.0 Å². The number of ether oxygens (including phenoxy) is 1. The quantitative estimate of drug-likeness (QED) is 0.685. The Morgan fingerprint density at radius 1 is 1.26 bits per heavy atom. The molecule has 2 aromatic rings.